The summed E-state index contributed by atoms with van der Waals surface area (Å²) in [7, 11) is 0. The molecule has 2 rings (SSSR count). The molecule has 0 atom stereocenters. The van der Waals surface area contributed by atoms with Crippen LogP contribution in [0.4, 0.5) is 16.3 Å². The van der Waals surface area contributed by atoms with Gasteiger partial charge in [0.05, 0.1) is 10.7 Å². The van der Waals surface area contributed by atoms with Crippen molar-refractivity contribution in [2.75, 3.05) is 23.7 Å². The lowest BCUT2D eigenvalue weighted by Gasteiger charge is -2.21. The third kappa shape index (κ3) is 5.51. The van der Waals surface area contributed by atoms with E-state index in [1.807, 2.05) is 0 Å². The first-order valence-electron chi connectivity index (χ1n) is 7.24. The van der Waals surface area contributed by atoms with Crippen molar-refractivity contribution in [3.8, 4) is 0 Å². The molecule has 132 valence electrons. The summed E-state index contributed by atoms with van der Waals surface area (Å²) in [5.74, 6) is 0.420. The van der Waals surface area contributed by atoms with E-state index in [9.17, 15) is 9.59 Å². The maximum Gasteiger partial charge on any atom is 0.322 e. The molecule has 1 heterocycles. The van der Waals surface area contributed by atoms with E-state index in [1.165, 1.54) is 17.0 Å². The van der Waals surface area contributed by atoms with Crippen LogP contribution in [0, 0.1) is 6.92 Å². The summed E-state index contributed by atoms with van der Waals surface area (Å²) in [6.07, 6.45) is 1.51. The van der Waals surface area contributed by atoms with E-state index in [0.29, 0.717) is 21.5 Å². The highest BCUT2D eigenvalue weighted by molar-refractivity contribution is 6.36. The zero-order chi connectivity index (χ0) is 18.4. The number of carbonyl (C=O) groups is 2. The van der Waals surface area contributed by atoms with Crippen molar-refractivity contribution in [2.45, 2.75) is 6.92 Å². The Balaban J connectivity index is 2.01. The van der Waals surface area contributed by atoms with E-state index in [-0.39, 0.29) is 18.9 Å². The molecule has 25 heavy (non-hydrogen) atoms. The highest BCUT2D eigenvalue weighted by Gasteiger charge is 2.18. The van der Waals surface area contributed by atoms with Gasteiger partial charge in [-0.3, -0.25) is 4.79 Å². The number of hydrogen-bond acceptors (Lipinski definition) is 4. The molecular formula is C16H16Cl2N4O3. The van der Waals surface area contributed by atoms with Gasteiger partial charge in [-0.25, -0.2) is 4.79 Å². The molecule has 0 radical (unpaired) electrons. The predicted molar refractivity (Wildman–Crippen MR) is 97.1 cm³/mol. The summed E-state index contributed by atoms with van der Waals surface area (Å²) in [6.45, 7) is 5.26. The molecule has 0 aliphatic carbocycles. The Labute approximate surface area is 154 Å². The van der Waals surface area contributed by atoms with Crippen LogP contribution in [0.5, 0.6) is 0 Å². The molecule has 0 spiro atoms. The van der Waals surface area contributed by atoms with Gasteiger partial charge in [0.25, 0.3) is 0 Å². The molecular weight excluding hydrogens is 367 g/mol. The lowest BCUT2D eigenvalue weighted by Crippen LogP contribution is -2.40. The van der Waals surface area contributed by atoms with E-state index in [0.717, 1.165) is 0 Å². The number of benzene rings is 1. The zero-order valence-corrected chi connectivity index (χ0v) is 14.9. The number of hydrogen-bond donors (Lipinski definition) is 2. The second kappa shape index (κ2) is 8.55. The normalized spacial score (nSPS) is 10.2. The minimum Gasteiger partial charge on any atom is -0.360 e. The van der Waals surface area contributed by atoms with Crippen LogP contribution in [-0.2, 0) is 4.79 Å². The van der Waals surface area contributed by atoms with Crippen molar-refractivity contribution in [1.29, 1.82) is 0 Å². The summed E-state index contributed by atoms with van der Waals surface area (Å²) in [5.41, 5.74) is 0.387. The van der Waals surface area contributed by atoms with E-state index in [4.69, 9.17) is 27.7 Å². The largest absolute Gasteiger partial charge is 0.360 e. The second-order valence-corrected chi connectivity index (χ2v) is 5.94. The minimum atomic E-state index is -0.504. The highest BCUT2D eigenvalue weighted by Crippen LogP contribution is 2.25. The molecule has 0 bridgehead atoms. The van der Waals surface area contributed by atoms with Gasteiger partial charge in [0.2, 0.25) is 5.91 Å². The maximum atomic E-state index is 12.4. The molecule has 9 heteroatoms. The molecule has 0 aliphatic rings. The molecule has 3 amide bonds. The third-order valence-corrected chi connectivity index (χ3v) is 3.59. The molecule has 0 unspecified atom stereocenters. The lowest BCUT2D eigenvalue weighted by molar-refractivity contribution is -0.116. The van der Waals surface area contributed by atoms with Crippen LogP contribution in [-0.4, -0.2) is 35.1 Å². The van der Waals surface area contributed by atoms with Gasteiger partial charge in [0, 0.05) is 17.6 Å². The summed E-state index contributed by atoms with van der Waals surface area (Å²) in [4.78, 5) is 25.7. The van der Waals surface area contributed by atoms with E-state index >= 15 is 0 Å². The van der Waals surface area contributed by atoms with E-state index in [2.05, 4.69) is 22.4 Å². The van der Waals surface area contributed by atoms with Gasteiger partial charge in [0.1, 0.15) is 12.3 Å². The average Bonchev–Trinajstić information content (AvgIpc) is 2.94. The summed E-state index contributed by atoms with van der Waals surface area (Å²) >= 11 is 11.9. The SMILES string of the molecule is C=CCN(CC(=O)Nc1cc(C)on1)C(=O)Nc1ccc(Cl)cc1Cl. The van der Waals surface area contributed by atoms with Crippen LogP contribution in [0.1, 0.15) is 5.76 Å². The molecule has 0 fully saturated rings. The van der Waals surface area contributed by atoms with Crippen LogP contribution in [0.3, 0.4) is 0 Å². The van der Waals surface area contributed by atoms with E-state index in [1.54, 1.807) is 25.1 Å². The van der Waals surface area contributed by atoms with Gasteiger partial charge in [0.15, 0.2) is 5.82 Å². The number of nitrogens with zero attached hydrogens (tertiary/aromatic N) is 2. The molecule has 1 aromatic heterocycles. The van der Waals surface area contributed by atoms with Crippen LogP contribution < -0.4 is 10.6 Å². The first-order chi connectivity index (χ1) is 11.9. The van der Waals surface area contributed by atoms with Crippen LogP contribution in [0.15, 0.2) is 41.4 Å². The van der Waals surface area contributed by atoms with Crippen molar-refractivity contribution >= 4 is 46.6 Å². The van der Waals surface area contributed by atoms with Crippen molar-refractivity contribution in [3.63, 3.8) is 0 Å². The molecule has 7 nitrogen and oxygen atoms in total. The van der Waals surface area contributed by atoms with Crippen molar-refractivity contribution in [2.24, 2.45) is 0 Å². The van der Waals surface area contributed by atoms with Crippen LogP contribution in [0.2, 0.25) is 10.0 Å². The number of amides is 3. The highest BCUT2D eigenvalue weighted by atomic mass is 35.5. The first kappa shape index (κ1) is 18.8. The maximum absolute atomic E-state index is 12.4. The van der Waals surface area contributed by atoms with Gasteiger partial charge >= 0.3 is 6.03 Å². The fourth-order valence-electron chi connectivity index (χ4n) is 1.94. The zero-order valence-electron chi connectivity index (χ0n) is 13.4. The van der Waals surface area contributed by atoms with Gasteiger partial charge in [-0.1, -0.05) is 34.4 Å². The fourth-order valence-corrected chi connectivity index (χ4v) is 2.40. The molecule has 1 aromatic carbocycles. The van der Waals surface area contributed by atoms with Gasteiger partial charge < -0.3 is 20.1 Å². The molecule has 2 aromatic rings. The second-order valence-electron chi connectivity index (χ2n) is 5.09. The molecule has 0 saturated heterocycles. The Bertz CT molecular complexity index is 791. The predicted octanol–water partition coefficient (Wildman–Crippen LogP) is 3.95. The number of nitrogens with one attached hydrogen (secondary N) is 2. The van der Waals surface area contributed by atoms with Gasteiger partial charge in [-0.15, -0.1) is 6.58 Å². The van der Waals surface area contributed by atoms with E-state index < -0.39 is 11.9 Å². The number of halogens is 2. The third-order valence-electron chi connectivity index (χ3n) is 3.04. The fraction of sp³-hybridized carbons (Fsp3) is 0.188. The monoisotopic (exact) mass is 382 g/mol. The van der Waals surface area contributed by atoms with Crippen molar-refractivity contribution in [1.82, 2.24) is 10.1 Å². The quantitative estimate of drug-likeness (QED) is 0.740. The summed E-state index contributed by atoms with van der Waals surface area (Å²) in [5, 5.41) is 9.59. The van der Waals surface area contributed by atoms with Crippen molar-refractivity contribution in [3.05, 3.63) is 52.7 Å². The Kier molecular flexibility index (Phi) is 6.44. The number of aromatic nitrogens is 1. The van der Waals surface area contributed by atoms with Gasteiger partial charge in [-0.05, 0) is 25.1 Å². The smallest absolute Gasteiger partial charge is 0.322 e. The van der Waals surface area contributed by atoms with Crippen LogP contribution in [0.25, 0.3) is 0 Å². The van der Waals surface area contributed by atoms with Gasteiger partial charge in [-0.2, -0.15) is 0 Å². The summed E-state index contributed by atoms with van der Waals surface area (Å²) < 4.78 is 4.87. The Morgan fingerprint density at radius 1 is 1.32 bits per heavy atom. The molecule has 2 N–H and O–H groups in total. The number of carbonyl (C=O) groups excluding carboxylic acids is 2. The summed E-state index contributed by atoms with van der Waals surface area (Å²) in [6, 6.07) is 5.75. The van der Waals surface area contributed by atoms with Crippen LogP contribution >= 0.6 is 23.2 Å². The number of rotatable bonds is 6. The number of aryl methyl sites for hydroxylation is 1. The Hall–Kier alpha value is -2.51. The minimum absolute atomic E-state index is 0.169. The molecule has 0 aliphatic heterocycles. The average molecular weight is 383 g/mol. The first-order valence-corrected chi connectivity index (χ1v) is 7.99. The Morgan fingerprint density at radius 3 is 2.68 bits per heavy atom. The van der Waals surface area contributed by atoms with Crippen molar-refractivity contribution < 1.29 is 14.1 Å². The lowest BCUT2D eigenvalue weighted by atomic mass is 10.3. The number of urea groups is 1. The topological polar surface area (TPSA) is 87.5 Å². The number of anilines is 2. The molecule has 0 saturated carbocycles. The standard InChI is InChI=1S/C16H16Cl2N4O3/c1-3-6-22(9-15(23)20-14-7-10(2)25-21-14)16(24)19-13-5-4-11(17)8-12(13)18/h3-5,7-8H,1,6,9H2,2H3,(H,19,24)(H,20,21,23). The Morgan fingerprint density at radius 2 is 2.08 bits per heavy atom.